The summed E-state index contributed by atoms with van der Waals surface area (Å²) < 4.78 is 0. The molecule has 0 fully saturated rings. The van der Waals surface area contributed by atoms with E-state index in [0.717, 1.165) is 6.54 Å². The van der Waals surface area contributed by atoms with E-state index in [1.807, 2.05) is 0 Å². The SMILES string of the molecule is CC1(C)CN(c2ccc(CCl)c3c2CCC3)c2ccccc2N1. The zero-order valence-electron chi connectivity index (χ0n) is 13.8. The fourth-order valence-electron chi connectivity index (χ4n) is 4.05. The predicted octanol–water partition coefficient (Wildman–Crippen LogP) is 5.26. The lowest BCUT2D eigenvalue weighted by molar-refractivity contribution is 0.559. The van der Waals surface area contributed by atoms with Crippen LogP contribution in [0.25, 0.3) is 0 Å². The van der Waals surface area contributed by atoms with Crippen LogP contribution in [0.5, 0.6) is 0 Å². The highest BCUT2D eigenvalue weighted by atomic mass is 35.5. The number of halogens is 1. The summed E-state index contributed by atoms with van der Waals surface area (Å²) in [5.74, 6) is 0.617. The third-order valence-corrected chi connectivity index (χ3v) is 5.30. The molecule has 0 bridgehead atoms. The number of benzene rings is 2. The van der Waals surface area contributed by atoms with Crippen molar-refractivity contribution in [2.75, 3.05) is 16.8 Å². The maximum atomic E-state index is 6.15. The highest BCUT2D eigenvalue weighted by molar-refractivity contribution is 6.17. The number of fused-ring (bicyclic) bond motifs is 2. The molecule has 2 aromatic carbocycles. The molecule has 4 rings (SSSR count). The van der Waals surface area contributed by atoms with Gasteiger partial charge >= 0.3 is 0 Å². The zero-order chi connectivity index (χ0) is 16.0. The quantitative estimate of drug-likeness (QED) is 0.758. The van der Waals surface area contributed by atoms with Gasteiger partial charge in [0.15, 0.2) is 0 Å². The Bertz CT molecular complexity index is 751. The largest absolute Gasteiger partial charge is 0.377 e. The van der Waals surface area contributed by atoms with Gasteiger partial charge in [-0.05, 0) is 68.0 Å². The predicted molar refractivity (Wildman–Crippen MR) is 99.2 cm³/mol. The Morgan fingerprint density at radius 3 is 2.65 bits per heavy atom. The van der Waals surface area contributed by atoms with Gasteiger partial charge in [0.05, 0.1) is 11.4 Å². The van der Waals surface area contributed by atoms with E-state index in [9.17, 15) is 0 Å². The third-order valence-electron chi connectivity index (χ3n) is 5.01. The van der Waals surface area contributed by atoms with Crippen LogP contribution in [0.15, 0.2) is 36.4 Å². The Balaban J connectivity index is 1.87. The Hall–Kier alpha value is -1.67. The van der Waals surface area contributed by atoms with E-state index in [1.54, 1.807) is 0 Å². The van der Waals surface area contributed by atoms with Gasteiger partial charge in [0, 0.05) is 23.7 Å². The molecule has 0 aromatic heterocycles. The molecule has 1 aliphatic heterocycles. The van der Waals surface area contributed by atoms with Gasteiger partial charge in [0.1, 0.15) is 0 Å². The Morgan fingerprint density at radius 1 is 1.04 bits per heavy atom. The molecule has 0 saturated carbocycles. The number of para-hydroxylation sites is 2. The van der Waals surface area contributed by atoms with Gasteiger partial charge in [0.25, 0.3) is 0 Å². The van der Waals surface area contributed by atoms with Gasteiger partial charge in [-0.1, -0.05) is 18.2 Å². The van der Waals surface area contributed by atoms with Gasteiger partial charge in [-0.2, -0.15) is 0 Å². The van der Waals surface area contributed by atoms with E-state index >= 15 is 0 Å². The van der Waals surface area contributed by atoms with Crippen LogP contribution < -0.4 is 10.2 Å². The molecule has 2 aromatic rings. The summed E-state index contributed by atoms with van der Waals surface area (Å²) in [5, 5.41) is 3.66. The minimum Gasteiger partial charge on any atom is -0.377 e. The first kappa shape index (κ1) is 14.9. The minimum absolute atomic E-state index is 0.0466. The number of nitrogens with zero attached hydrogens (tertiary/aromatic N) is 1. The average molecular weight is 327 g/mol. The Labute approximate surface area is 143 Å². The molecule has 23 heavy (non-hydrogen) atoms. The first-order valence-electron chi connectivity index (χ1n) is 8.43. The van der Waals surface area contributed by atoms with Crippen molar-refractivity contribution >= 4 is 28.7 Å². The van der Waals surface area contributed by atoms with Crippen molar-refractivity contribution in [3.05, 3.63) is 53.1 Å². The maximum Gasteiger partial charge on any atom is 0.0647 e. The average Bonchev–Trinajstić information content (AvgIpc) is 3.02. The molecular weight excluding hydrogens is 304 g/mol. The lowest BCUT2D eigenvalue weighted by atomic mass is 9.96. The van der Waals surface area contributed by atoms with Crippen LogP contribution in [-0.4, -0.2) is 12.1 Å². The van der Waals surface area contributed by atoms with Gasteiger partial charge in [-0.15, -0.1) is 11.6 Å². The topological polar surface area (TPSA) is 15.3 Å². The fraction of sp³-hybridized carbons (Fsp3) is 0.400. The van der Waals surface area contributed by atoms with Gasteiger partial charge in [-0.3, -0.25) is 0 Å². The highest BCUT2D eigenvalue weighted by Crippen LogP contribution is 2.43. The van der Waals surface area contributed by atoms with Crippen LogP contribution in [0.4, 0.5) is 17.1 Å². The van der Waals surface area contributed by atoms with E-state index in [1.165, 1.54) is 53.0 Å². The molecule has 120 valence electrons. The normalized spacial score (nSPS) is 18.3. The number of rotatable bonds is 2. The molecule has 0 amide bonds. The van der Waals surface area contributed by atoms with Crippen LogP contribution in [0.3, 0.4) is 0 Å². The first-order valence-corrected chi connectivity index (χ1v) is 8.97. The molecular formula is C20H23ClN2. The van der Waals surface area contributed by atoms with Crippen molar-refractivity contribution in [3.8, 4) is 0 Å². The molecule has 0 spiro atoms. The number of hydrogen-bond donors (Lipinski definition) is 1. The molecule has 2 aliphatic rings. The van der Waals surface area contributed by atoms with Crippen LogP contribution in [0.2, 0.25) is 0 Å². The van der Waals surface area contributed by atoms with Gasteiger partial charge in [-0.25, -0.2) is 0 Å². The molecule has 0 unspecified atom stereocenters. The lowest BCUT2D eigenvalue weighted by Crippen LogP contribution is -2.46. The van der Waals surface area contributed by atoms with Crippen LogP contribution in [0.1, 0.15) is 37.0 Å². The lowest BCUT2D eigenvalue weighted by Gasteiger charge is -2.42. The first-order chi connectivity index (χ1) is 11.1. The number of nitrogens with one attached hydrogen (secondary N) is 1. The Kier molecular flexibility index (Phi) is 3.53. The second-order valence-electron chi connectivity index (χ2n) is 7.30. The molecule has 0 saturated heterocycles. The Morgan fingerprint density at radius 2 is 1.83 bits per heavy atom. The van der Waals surface area contributed by atoms with Gasteiger partial charge < -0.3 is 10.2 Å². The summed E-state index contributed by atoms with van der Waals surface area (Å²) in [6, 6.07) is 13.1. The number of anilines is 3. The van der Waals surface area contributed by atoms with Crippen molar-refractivity contribution in [1.29, 1.82) is 0 Å². The van der Waals surface area contributed by atoms with E-state index in [0.29, 0.717) is 5.88 Å². The molecule has 2 nitrogen and oxygen atoms in total. The van der Waals surface area contributed by atoms with Crippen LogP contribution in [0, 0.1) is 0 Å². The van der Waals surface area contributed by atoms with Crippen LogP contribution in [-0.2, 0) is 18.7 Å². The van der Waals surface area contributed by atoms with Crippen molar-refractivity contribution in [2.45, 2.75) is 44.5 Å². The van der Waals surface area contributed by atoms with E-state index in [4.69, 9.17) is 11.6 Å². The zero-order valence-corrected chi connectivity index (χ0v) is 14.6. The monoisotopic (exact) mass is 326 g/mol. The summed E-state index contributed by atoms with van der Waals surface area (Å²) in [6.45, 7) is 5.50. The molecule has 0 radical (unpaired) electrons. The van der Waals surface area contributed by atoms with Gasteiger partial charge in [0.2, 0.25) is 0 Å². The molecule has 1 heterocycles. The smallest absolute Gasteiger partial charge is 0.0647 e. The standard InChI is InChI=1S/C20H23ClN2/c1-20(2)13-23(19-9-4-3-8-17(19)22-20)18-11-10-14(12-21)15-6-5-7-16(15)18/h3-4,8-11,22H,5-7,12-13H2,1-2H3. The number of alkyl halides is 1. The third kappa shape index (κ3) is 2.49. The maximum absolute atomic E-state index is 6.15. The van der Waals surface area contributed by atoms with E-state index in [-0.39, 0.29) is 5.54 Å². The van der Waals surface area contributed by atoms with E-state index in [2.05, 4.69) is 60.5 Å². The second kappa shape index (κ2) is 5.45. The van der Waals surface area contributed by atoms with Crippen molar-refractivity contribution in [2.24, 2.45) is 0 Å². The van der Waals surface area contributed by atoms with Crippen molar-refractivity contribution in [1.82, 2.24) is 0 Å². The van der Waals surface area contributed by atoms with Crippen LogP contribution >= 0.6 is 11.6 Å². The molecule has 1 aliphatic carbocycles. The minimum atomic E-state index is 0.0466. The molecule has 0 atom stereocenters. The molecule has 1 N–H and O–H groups in total. The second-order valence-corrected chi connectivity index (χ2v) is 7.57. The molecule has 3 heteroatoms. The van der Waals surface area contributed by atoms with E-state index < -0.39 is 0 Å². The summed E-state index contributed by atoms with van der Waals surface area (Å²) in [7, 11) is 0. The summed E-state index contributed by atoms with van der Waals surface area (Å²) in [6.07, 6.45) is 3.58. The summed E-state index contributed by atoms with van der Waals surface area (Å²) in [5.41, 5.74) is 8.22. The fourth-order valence-corrected chi connectivity index (χ4v) is 4.30. The summed E-state index contributed by atoms with van der Waals surface area (Å²) in [4.78, 5) is 2.49. The summed E-state index contributed by atoms with van der Waals surface area (Å²) >= 11 is 6.15. The van der Waals surface area contributed by atoms with Crippen molar-refractivity contribution < 1.29 is 0 Å². The highest BCUT2D eigenvalue weighted by Gasteiger charge is 2.32. The van der Waals surface area contributed by atoms with Crippen molar-refractivity contribution in [3.63, 3.8) is 0 Å². The number of hydrogen-bond acceptors (Lipinski definition) is 2.